The van der Waals surface area contributed by atoms with Gasteiger partial charge in [-0.15, -0.1) is 0 Å². The number of carbonyl (C=O) groups excluding carboxylic acids is 1. The minimum absolute atomic E-state index is 0.129. The maximum atomic E-state index is 11.4. The van der Waals surface area contributed by atoms with Crippen LogP contribution in [0.15, 0.2) is 18.2 Å². The van der Waals surface area contributed by atoms with E-state index in [1.54, 1.807) is 0 Å². The van der Waals surface area contributed by atoms with Gasteiger partial charge in [0.15, 0.2) is 11.5 Å². The third kappa shape index (κ3) is 5.91. The fraction of sp³-hybridized carbons (Fsp3) is 0.308. The second-order valence-electron chi connectivity index (χ2n) is 3.83. The van der Waals surface area contributed by atoms with Crippen LogP contribution in [0.2, 0.25) is 0 Å². The highest BCUT2D eigenvalue weighted by molar-refractivity contribution is 6.67. The maximum Gasteiger partial charge on any atom is 0.330 e. The Bertz CT molecular complexity index is 512. The summed E-state index contributed by atoms with van der Waals surface area (Å²) in [6.45, 7) is -0.358. The number of hydrogen-bond acceptors (Lipinski definition) is 5. The van der Waals surface area contributed by atoms with Crippen LogP contribution in [0.3, 0.4) is 0 Å². The van der Waals surface area contributed by atoms with Crippen LogP contribution in [0.1, 0.15) is 5.56 Å². The Hall–Kier alpha value is -1.30. The fourth-order valence-corrected chi connectivity index (χ4v) is 1.54. The van der Waals surface area contributed by atoms with E-state index in [2.05, 4.69) is 0 Å². The molecule has 1 aromatic rings. The molecule has 0 aliphatic carbocycles. The van der Waals surface area contributed by atoms with E-state index >= 15 is 0 Å². The summed E-state index contributed by atoms with van der Waals surface area (Å²) < 4.78 is 13.1. The number of phenolic OH excluding ortho intramolecular Hbond substituents is 1. The van der Waals surface area contributed by atoms with Gasteiger partial charge in [0.05, 0.1) is 14.2 Å². The van der Waals surface area contributed by atoms with E-state index in [0.717, 1.165) is 6.08 Å². The summed E-state index contributed by atoms with van der Waals surface area (Å²) in [5, 5.41) is 9.75. The summed E-state index contributed by atoms with van der Waals surface area (Å²) in [7, 11) is 2.80. The number of alkyl halides is 3. The van der Waals surface area contributed by atoms with Crippen molar-refractivity contribution in [3.63, 3.8) is 0 Å². The maximum absolute atomic E-state index is 11.4. The van der Waals surface area contributed by atoms with E-state index in [0.29, 0.717) is 5.56 Å². The molecule has 0 saturated heterocycles. The quantitative estimate of drug-likeness (QED) is 0.498. The molecule has 8 heteroatoms. The molecule has 0 unspecified atom stereocenters. The largest absolute Gasteiger partial charge is 0.502 e. The number of benzene rings is 1. The second kappa shape index (κ2) is 7.64. The van der Waals surface area contributed by atoms with Crippen LogP contribution in [-0.4, -0.2) is 35.7 Å². The van der Waals surface area contributed by atoms with Crippen LogP contribution >= 0.6 is 34.8 Å². The lowest BCUT2D eigenvalue weighted by atomic mass is 10.1. The first-order valence-corrected chi connectivity index (χ1v) is 6.77. The molecule has 0 amide bonds. The van der Waals surface area contributed by atoms with Crippen molar-refractivity contribution >= 4 is 46.8 Å². The molecule has 0 atom stereocenters. The lowest BCUT2D eigenvalue weighted by molar-refractivity contribution is -0.137. The number of carbonyl (C=O) groups is 1. The molecule has 0 aliphatic heterocycles. The molecule has 0 radical (unpaired) electrons. The average molecular weight is 356 g/mol. The normalized spacial score (nSPS) is 11.5. The van der Waals surface area contributed by atoms with E-state index in [1.165, 1.54) is 32.4 Å². The number of hydrogen-bond donors (Lipinski definition) is 1. The predicted molar refractivity (Wildman–Crippen MR) is 81.5 cm³/mol. The number of rotatable bonds is 5. The van der Waals surface area contributed by atoms with Crippen LogP contribution in [0.5, 0.6) is 17.2 Å². The molecule has 0 spiro atoms. The van der Waals surface area contributed by atoms with Crippen molar-refractivity contribution in [2.24, 2.45) is 0 Å². The van der Waals surface area contributed by atoms with Crippen LogP contribution in [-0.2, 0) is 9.53 Å². The van der Waals surface area contributed by atoms with Gasteiger partial charge in [-0.2, -0.15) is 0 Å². The predicted octanol–water partition coefficient (Wildman–Crippen LogP) is 3.34. The van der Waals surface area contributed by atoms with Crippen molar-refractivity contribution in [1.82, 2.24) is 0 Å². The Morgan fingerprint density at radius 2 is 1.76 bits per heavy atom. The van der Waals surface area contributed by atoms with Gasteiger partial charge in [0, 0.05) is 6.08 Å². The summed E-state index contributed by atoms with van der Waals surface area (Å²) >= 11 is 16.4. The molecule has 1 N–H and O–H groups in total. The molecule has 0 aromatic heterocycles. The Labute approximate surface area is 137 Å². The van der Waals surface area contributed by atoms with Gasteiger partial charge in [0.2, 0.25) is 9.54 Å². The number of esters is 1. The van der Waals surface area contributed by atoms with E-state index in [4.69, 9.17) is 49.0 Å². The van der Waals surface area contributed by atoms with Crippen molar-refractivity contribution in [2.75, 3.05) is 20.8 Å². The smallest absolute Gasteiger partial charge is 0.330 e. The molecule has 116 valence electrons. The number of aromatic hydroxyl groups is 1. The van der Waals surface area contributed by atoms with Crippen molar-refractivity contribution in [3.8, 4) is 17.2 Å². The van der Waals surface area contributed by atoms with Gasteiger partial charge >= 0.3 is 5.97 Å². The zero-order chi connectivity index (χ0) is 16.0. The van der Waals surface area contributed by atoms with E-state index in [9.17, 15) is 9.90 Å². The highest BCUT2D eigenvalue weighted by Gasteiger charge is 2.21. The van der Waals surface area contributed by atoms with Crippen LogP contribution in [0.25, 0.3) is 6.08 Å². The molecule has 1 rings (SSSR count). The van der Waals surface area contributed by atoms with Gasteiger partial charge in [-0.1, -0.05) is 34.8 Å². The van der Waals surface area contributed by atoms with E-state index in [1.807, 2.05) is 0 Å². The lowest BCUT2D eigenvalue weighted by Gasteiger charge is -2.10. The number of methoxy groups -OCH3 is 2. The molecule has 1 aromatic carbocycles. The van der Waals surface area contributed by atoms with Crippen molar-refractivity contribution in [1.29, 1.82) is 0 Å². The minimum atomic E-state index is -1.66. The molecule has 0 aliphatic rings. The Kier molecular flexibility index (Phi) is 6.45. The highest BCUT2D eigenvalue weighted by Crippen LogP contribution is 2.37. The third-order valence-corrected chi connectivity index (χ3v) is 2.62. The first-order valence-electron chi connectivity index (χ1n) is 5.63. The minimum Gasteiger partial charge on any atom is -0.502 e. The van der Waals surface area contributed by atoms with Gasteiger partial charge in [-0.25, -0.2) is 4.79 Å². The first-order chi connectivity index (χ1) is 9.76. The Morgan fingerprint density at radius 3 is 2.19 bits per heavy atom. The SMILES string of the molecule is COc1cc(/C=C/C(=O)OCC(Cl)(Cl)Cl)cc(OC)c1O. The second-order valence-corrected chi connectivity index (χ2v) is 6.35. The van der Waals surface area contributed by atoms with Gasteiger partial charge in [0.25, 0.3) is 0 Å². The van der Waals surface area contributed by atoms with E-state index in [-0.39, 0.29) is 23.9 Å². The van der Waals surface area contributed by atoms with Crippen LogP contribution in [0, 0.1) is 0 Å². The Balaban J connectivity index is 2.82. The average Bonchev–Trinajstić information content (AvgIpc) is 2.43. The molecule has 0 bridgehead atoms. The standard InChI is InChI=1S/C13H13Cl3O5/c1-19-9-5-8(6-10(20-2)12(9)18)3-4-11(17)21-7-13(14,15)16/h3-6,18H,7H2,1-2H3/b4-3+. The zero-order valence-corrected chi connectivity index (χ0v) is 13.5. The molecule has 0 saturated carbocycles. The number of halogens is 3. The summed E-state index contributed by atoms with van der Waals surface area (Å²) in [5.74, 6) is -0.379. The van der Waals surface area contributed by atoms with Crippen molar-refractivity contribution < 1.29 is 24.1 Å². The van der Waals surface area contributed by atoms with Crippen LogP contribution in [0.4, 0.5) is 0 Å². The molecular weight excluding hydrogens is 342 g/mol. The number of ether oxygens (including phenoxy) is 3. The van der Waals surface area contributed by atoms with Gasteiger partial charge in [0.1, 0.15) is 6.61 Å². The summed E-state index contributed by atoms with van der Waals surface area (Å²) in [6, 6.07) is 3.05. The summed E-state index contributed by atoms with van der Waals surface area (Å²) in [5.41, 5.74) is 0.562. The number of phenols is 1. The Morgan fingerprint density at radius 1 is 1.24 bits per heavy atom. The van der Waals surface area contributed by atoms with Crippen molar-refractivity contribution in [3.05, 3.63) is 23.8 Å². The highest BCUT2D eigenvalue weighted by atomic mass is 35.6. The molecular formula is C13H13Cl3O5. The molecule has 0 fully saturated rings. The third-order valence-electron chi connectivity index (χ3n) is 2.29. The zero-order valence-electron chi connectivity index (χ0n) is 11.2. The molecule has 21 heavy (non-hydrogen) atoms. The lowest BCUT2D eigenvalue weighted by Crippen LogP contribution is -2.15. The van der Waals surface area contributed by atoms with E-state index < -0.39 is 9.76 Å². The summed E-state index contributed by atoms with van der Waals surface area (Å²) in [4.78, 5) is 11.4. The topological polar surface area (TPSA) is 65.0 Å². The summed E-state index contributed by atoms with van der Waals surface area (Å²) in [6.07, 6.45) is 2.60. The first kappa shape index (κ1) is 17.8. The van der Waals surface area contributed by atoms with Gasteiger partial charge in [-0.3, -0.25) is 0 Å². The van der Waals surface area contributed by atoms with Crippen molar-refractivity contribution in [2.45, 2.75) is 3.79 Å². The molecule has 0 heterocycles. The van der Waals surface area contributed by atoms with Crippen LogP contribution < -0.4 is 9.47 Å². The monoisotopic (exact) mass is 354 g/mol. The molecule has 5 nitrogen and oxygen atoms in total. The fourth-order valence-electron chi connectivity index (χ4n) is 1.38. The van der Waals surface area contributed by atoms with Gasteiger partial charge < -0.3 is 19.3 Å². The van der Waals surface area contributed by atoms with Gasteiger partial charge in [-0.05, 0) is 23.8 Å².